The molecule has 4 rings (SSSR count). The summed E-state index contributed by atoms with van der Waals surface area (Å²) in [6, 6.07) is 12.4. The van der Waals surface area contributed by atoms with Crippen LogP contribution in [0.4, 0.5) is 11.4 Å². The molecule has 0 aromatic heterocycles. The van der Waals surface area contributed by atoms with Crippen molar-refractivity contribution in [2.24, 2.45) is 0 Å². The maximum absolute atomic E-state index is 13.2. The fourth-order valence-electron chi connectivity index (χ4n) is 4.13. The molecular weight excluding hydrogens is 458 g/mol. The molecule has 0 aliphatic carbocycles. The second-order valence-corrected chi connectivity index (χ2v) is 12.0. The van der Waals surface area contributed by atoms with Gasteiger partial charge in [-0.2, -0.15) is 4.31 Å². The summed E-state index contributed by atoms with van der Waals surface area (Å²) in [5, 5.41) is 2.85. The van der Waals surface area contributed by atoms with Crippen LogP contribution in [0.5, 0.6) is 0 Å². The van der Waals surface area contributed by atoms with Gasteiger partial charge in [0.05, 0.1) is 10.6 Å². The molecule has 2 aromatic rings. The third-order valence-corrected chi connectivity index (χ3v) is 8.97. The molecule has 0 saturated carbocycles. The Balaban J connectivity index is 1.64. The summed E-state index contributed by atoms with van der Waals surface area (Å²) >= 11 is 1.53. The van der Waals surface area contributed by atoms with Crippen molar-refractivity contribution in [1.82, 2.24) is 4.31 Å². The predicted octanol–water partition coefficient (Wildman–Crippen LogP) is 4.03. The number of nitrogens with one attached hydrogen (secondary N) is 1. The van der Waals surface area contributed by atoms with Crippen LogP contribution in [0.1, 0.15) is 38.2 Å². The first-order chi connectivity index (χ1) is 15.7. The molecule has 9 heteroatoms. The molecule has 2 aliphatic heterocycles. The molecule has 0 unspecified atom stereocenters. The van der Waals surface area contributed by atoms with Gasteiger partial charge in [-0.05, 0) is 50.1 Å². The molecule has 176 valence electrons. The van der Waals surface area contributed by atoms with Gasteiger partial charge >= 0.3 is 0 Å². The molecule has 33 heavy (non-hydrogen) atoms. The Kier molecular flexibility index (Phi) is 7.11. The van der Waals surface area contributed by atoms with Crippen molar-refractivity contribution in [3.05, 3.63) is 48.0 Å². The quantitative estimate of drug-likeness (QED) is 0.688. The largest absolute Gasteiger partial charge is 0.325 e. The fraction of sp³-hybridized carbons (Fsp3) is 0.417. The lowest BCUT2D eigenvalue weighted by molar-refractivity contribution is -0.121. The van der Waals surface area contributed by atoms with Crippen LogP contribution in [0.25, 0.3) is 0 Å². The maximum Gasteiger partial charge on any atom is 0.244 e. The van der Waals surface area contributed by atoms with E-state index >= 15 is 0 Å². The van der Waals surface area contributed by atoms with E-state index in [-0.39, 0.29) is 34.9 Å². The lowest BCUT2D eigenvalue weighted by Crippen LogP contribution is -2.39. The van der Waals surface area contributed by atoms with Gasteiger partial charge in [-0.25, -0.2) is 8.42 Å². The summed E-state index contributed by atoms with van der Waals surface area (Å²) in [4.78, 5) is 28.2. The number of sulfonamides is 1. The van der Waals surface area contributed by atoms with Gasteiger partial charge in [-0.15, -0.1) is 11.8 Å². The summed E-state index contributed by atoms with van der Waals surface area (Å²) in [6.07, 6.45) is 3.00. The molecule has 1 atom stereocenters. The van der Waals surface area contributed by atoms with Crippen molar-refractivity contribution in [2.75, 3.05) is 29.9 Å². The highest BCUT2D eigenvalue weighted by Crippen LogP contribution is 2.39. The van der Waals surface area contributed by atoms with Crippen molar-refractivity contribution in [1.29, 1.82) is 0 Å². The topological polar surface area (TPSA) is 86.8 Å². The zero-order chi connectivity index (χ0) is 23.6. The number of aryl methyl sites for hydroxylation is 1. The number of hydrogen-bond acceptors (Lipinski definition) is 5. The highest BCUT2D eigenvalue weighted by atomic mass is 32.2. The molecule has 1 fully saturated rings. The second-order valence-electron chi connectivity index (χ2n) is 8.62. The minimum Gasteiger partial charge on any atom is -0.325 e. The monoisotopic (exact) mass is 487 g/mol. The Morgan fingerprint density at radius 1 is 1.09 bits per heavy atom. The Morgan fingerprint density at radius 2 is 1.79 bits per heavy atom. The highest BCUT2D eigenvalue weighted by molar-refractivity contribution is 8.00. The Morgan fingerprint density at radius 3 is 2.48 bits per heavy atom. The van der Waals surface area contributed by atoms with Gasteiger partial charge in [0, 0.05) is 35.3 Å². The second kappa shape index (κ2) is 9.87. The summed E-state index contributed by atoms with van der Waals surface area (Å²) in [5.41, 5.74) is 2.21. The van der Waals surface area contributed by atoms with E-state index < -0.39 is 10.0 Å². The minimum absolute atomic E-state index is 0.0194. The van der Waals surface area contributed by atoms with Crippen LogP contribution in [-0.2, 0) is 19.6 Å². The molecule has 7 nitrogen and oxygen atoms in total. The SMILES string of the molecule is Cc1ccc(NC(=O)CN2C(=O)C[C@H](C)Sc3ccc(S(=O)(=O)N4CCCCC4)cc32)cc1. The third-order valence-electron chi connectivity index (χ3n) is 5.90. The Labute approximate surface area is 199 Å². The van der Waals surface area contributed by atoms with Crippen LogP contribution in [-0.4, -0.2) is 49.4 Å². The zero-order valence-corrected chi connectivity index (χ0v) is 20.5. The molecule has 0 radical (unpaired) electrons. The lowest BCUT2D eigenvalue weighted by atomic mass is 10.2. The van der Waals surface area contributed by atoms with Crippen LogP contribution >= 0.6 is 11.8 Å². The minimum atomic E-state index is -3.66. The summed E-state index contributed by atoms with van der Waals surface area (Å²) in [5.74, 6) is -0.526. The van der Waals surface area contributed by atoms with Crippen LogP contribution < -0.4 is 10.2 Å². The van der Waals surface area contributed by atoms with Crippen LogP contribution in [0, 0.1) is 6.92 Å². The number of thioether (sulfide) groups is 1. The summed E-state index contributed by atoms with van der Waals surface area (Å²) in [7, 11) is -3.66. The van der Waals surface area contributed by atoms with Crippen LogP contribution in [0.15, 0.2) is 52.3 Å². The normalized spacial score (nSPS) is 19.6. The van der Waals surface area contributed by atoms with E-state index in [2.05, 4.69) is 5.32 Å². The van der Waals surface area contributed by atoms with E-state index in [9.17, 15) is 18.0 Å². The lowest BCUT2D eigenvalue weighted by Gasteiger charge is -2.27. The van der Waals surface area contributed by atoms with E-state index in [1.54, 1.807) is 18.2 Å². The van der Waals surface area contributed by atoms with Crippen molar-refractivity contribution in [2.45, 2.75) is 54.6 Å². The smallest absolute Gasteiger partial charge is 0.244 e. The average molecular weight is 488 g/mol. The molecule has 1 N–H and O–H groups in total. The first-order valence-electron chi connectivity index (χ1n) is 11.2. The Hall–Kier alpha value is -2.36. The van der Waals surface area contributed by atoms with Gasteiger partial charge in [0.1, 0.15) is 6.54 Å². The van der Waals surface area contributed by atoms with Crippen LogP contribution in [0.2, 0.25) is 0 Å². The number of fused-ring (bicyclic) bond motifs is 1. The standard InChI is InChI=1S/C24H29N3O4S2/c1-17-6-8-19(9-7-17)25-23(28)16-27-21-15-20(33(30,31)26-12-4-3-5-13-26)10-11-22(21)32-18(2)14-24(27)29/h6-11,15,18H,3-5,12-14,16H2,1-2H3,(H,25,28)/t18-/m0/s1. The number of amides is 2. The molecule has 0 spiro atoms. The van der Waals surface area contributed by atoms with Gasteiger partial charge in [0.15, 0.2) is 0 Å². The van der Waals surface area contributed by atoms with E-state index in [0.29, 0.717) is 24.5 Å². The van der Waals surface area contributed by atoms with Crippen molar-refractivity contribution in [3.63, 3.8) is 0 Å². The summed E-state index contributed by atoms with van der Waals surface area (Å²) in [6.45, 7) is 4.76. The first-order valence-corrected chi connectivity index (χ1v) is 13.5. The van der Waals surface area contributed by atoms with Crippen molar-refractivity contribution < 1.29 is 18.0 Å². The maximum atomic E-state index is 13.2. The number of rotatable bonds is 5. The predicted molar refractivity (Wildman–Crippen MR) is 131 cm³/mol. The van der Waals surface area contributed by atoms with Crippen LogP contribution in [0.3, 0.4) is 0 Å². The molecule has 2 heterocycles. The number of nitrogens with zero attached hydrogens (tertiary/aromatic N) is 2. The van der Waals surface area contributed by atoms with Crippen molar-refractivity contribution >= 4 is 45.0 Å². The first kappa shape index (κ1) is 23.8. The number of carbonyl (C=O) groups is 2. The van der Waals surface area contributed by atoms with Gasteiger partial charge in [0.25, 0.3) is 0 Å². The van der Waals surface area contributed by atoms with Gasteiger partial charge in [0.2, 0.25) is 21.8 Å². The zero-order valence-electron chi connectivity index (χ0n) is 18.9. The van der Waals surface area contributed by atoms with E-state index in [1.807, 2.05) is 38.1 Å². The highest BCUT2D eigenvalue weighted by Gasteiger charge is 2.31. The summed E-state index contributed by atoms with van der Waals surface area (Å²) < 4.78 is 28.0. The Bertz CT molecular complexity index is 1140. The molecule has 1 saturated heterocycles. The van der Waals surface area contributed by atoms with E-state index in [1.165, 1.54) is 21.0 Å². The fourth-order valence-corrected chi connectivity index (χ4v) is 6.76. The van der Waals surface area contributed by atoms with Gasteiger partial charge < -0.3 is 10.2 Å². The third kappa shape index (κ3) is 5.42. The van der Waals surface area contributed by atoms with Gasteiger partial charge in [-0.1, -0.05) is 31.0 Å². The number of hydrogen-bond donors (Lipinski definition) is 1. The number of carbonyl (C=O) groups excluding carboxylic acids is 2. The number of benzene rings is 2. The van der Waals surface area contributed by atoms with Gasteiger partial charge in [-0.3, -0.25) is 9.59 Å². The molecule has 0 bridgehead atoms. The molecule has 2 amide bonds. The molecule has 2 aromatic carbocycles. The molecular formula is C24H29N3O4S2. The number of piperidine rings is 1. The average Bonchev–Trinajstić information content (AvgIpc) is 2.90. The number of anilines is 2. The van der Waals surface area contributed by atoms with Crippen molar-refractivity contribution in [3.8, 4) is 0 Å². The van der Waals surface area contributed by atoms with E-state index in [0.717, 1.165) is 29.7 Å². The van der Waals surface area contributed by atoms with E-state index in [4.69, 9.17) is 0 Å². The molecule has 2 aliphatic rings.